The van der Waals surface area contributed by atoms with E-state index in [1.165, 1.54) is 11.3 Å². The average molecular weight is 356 g/mol. The molecule has 0 spiro atoms. The lowest BCUT2D eigenvalue weighted by Crippen LogP contribution is -2.05. The molecule has 0 fully saturated rings. The van der Waals surface area contributed by atoms with Crippen LogP contribution in [0.4, 0.5) is 0 Å². The zero-order valence-corrected chi connectivity index (χ0v) is 15.0. The molecule has 4 heterocycles. The molecule has 6 heteroatoms. The summed E-state index contributed by atoms with van der Waals surface area (Å²) >= 11 is 0. The predicted molar refractivity (Wildman–Crippen MR) is 105 cm³/mol. The van der Waals surface area contributed by atoms with Gasteiger partial charge in [0.15, 0.2) is 0 Å². The summed E-state index contributed by atoms with van der Waals surface area (Å²) in [7, 11) is 0. The summed E-state index contributed by atoms with van der Waals surface area (Å²) in [5, 5.41) is 4.87. The van der Waals surface area contributed by atoms with Crippen molar-refractivity contribution in [1.82, 2.24) is 24.7 Å². The first kappa shape index (κ1) is 16.1. The number of hydrogen-bond acceptors (Lipinski definition) is 5. The van der Waals surface area contributed by atoms with Crippen molar-refractivity contribution < 1.29 is 0 Å². The minimum Gasteiger partial charge on any atom is -0.330 e. The van der Waals surface area contributed by atoms with Crippen molar-refractivity contribution in [3.8, 4) is 22.5 Å². The van der Waals surface area contributed by atoms with Gasteiger partial charge in [-0.05, 0) is 49.2 Å². The molecule has 0 radical (unpaired) electrons. The monoisotopic (exact) mass is 356 g/mol. The quantitative estimate of drug-likeness (QED) is 0.608. The van der Waals surface area contributed by atoms with E-state index >= 15 is 0 Å². The maximum atomic E-state index is 5.67. The van der Waals surface area contributed by atoms with Gasteiger partial charge in [0.1, 0.15) is 5.69 Å². The molecule has 0 aliphatic carbocycles. The molecule has 0 saturated heterocycles. The Hall–Kier alpha value is -3.12. The van der Waals surface area contributed by atoms with Crippen molar-refractivity contribution in [2.75, 3.05) is 6.54 Å². The van der Waals surface area contributed by atoms with Crippen molar-refractivity contribution in [2.24, 2.45) is 5.73 Å². The summed E-state index contributed by atoms with van der Waals surface area (Å²) in [6, 6.07) is 12.2. The Morgan fingerprint density at radius 2 is 2.04 bits per heavy atom. The van der Waals surface area contributed by atoms with Gasteiger partial charge in [0.05, 0.1) is 22.4 Å². The lowest BCUT2D eigenvalue weighted by atomic mass is 9.99. The van der Waals surface area contributed by atoms with Crippen LogP contribution in [0, 0.1) is 0 Å². The van der Waals surface area contributed by atoms with Gasteiger partial charge in [-0.1, -0.05) is 12.1 Å². The zero-order valence-electron chi connectivity index (χ0n) is 15.0. The Morgan fingerprint density at radius 3 is 2.89 bits per heavy atom. The fourth-order valence-electron chi connectivity index (χ4n) is 3.79. The first-order chi connectivity index (χ1) is 13.3. The highest BCUT2D eigenvalue weighted by Gasteiger charge is 2.24. The number of nitrogens with two attached hydrogens (primary N) is 1. The molecule has 1 aliphatic rings. The Morgan fingerprint density at radius 1 is 1.07 bits per heavy atom. The van der Waals surface area contributed by atoms with Gasteiger partial charge in [-0.3, -0.25) is 14.6 Å². The van der Waals surface area contributed by atoms with Crippen molar-refractivity contribution in [1.29, 1.82) is 0 Å². The van der Waals surface area contributed by atoms with E-state index in [1.807, 2.05) is 36.7 Å². The Kier molecular flexibility index (Phi) is 3.90. The molecule has 5 rings (SSSR count). The number of pyridine rings is 1. The fourth-order valence-corrected chi connectivity index (χ4v) is 3.79. The normalized spacial score (nSPS) is 13.2. The Labute approximate surface area is 157 Å². The highest BCUT2D eigenvalue weighted by molar-refractivity contribution is 5.87. The van der Waals surface area contributed by atoms with Crippen LogP contribution in [0.2, 0.25) is 0 Å². The van der Waals surface area contributed by atoms with Gasteiger partial charge in [0, 0.05) is 36.6 Å². The summed E-state index contributed by atoms with van der Waals surface area (Å²) in [6.07, 6.45) is 6.52. The van der Waals surface area contributed by atoms with Crippen LogP contribution in [0.15, 0.2) is 48.8 Å². The number of aromatic nitrogens is 5. The predicted octanol–water partition coefficient (Wildman–Crippen LogP) is 3.00. The van der Waals surface area contributed by atoms with Crippen LogP contribution in [0.5, 0.6) is 0 Å². The number of benzene rings is 1. The molecule has 4 aromatic rings. The molecule has 0 amide bonds. The molecule has 3 aromatic heterocycles. The first-order valence-electron chi connectivity index (χ1n) is 9.31. The van der Waals surface area contributed by atoms with E-state index in [0.717, 1.165) is 59.5 Å². The highest BCUT2D eigenvalue weighted by atomic mass is 15.3. The largest absolute Gasteiger partial charge is 0.330 e. The molecule has 2 N–H and O–H groups in total. The van der Waals surface area contributed by atoms with Gasteiger partial charge in [-0.2, -0.15) is 5.10 Å². The van der Waals surface area contributed by atoms with E-state index < -0.39 is 0 Å². The minimum absolute atomic E-state index is 0.570. The second kappa shape index (κ2) is 6.55. The topological polar surface area (TPSA) is 82.5 Å². The second-order valence-corrected chi connectivity index (χ2v) is 6.82. The van der Waals surface area contributed by atoms with Gasteiger partial charge >= 0.3 is 0 Å². The standard InChI is InChI=1S/C21H20N6/c22-9-8-15-13-24-16-7-6-14(12-18(16)25-15)20-19-5-3-11-27(19)26-21(20)17-4-1-2-10-23-17/h1-2,4,6-7,10,12-13H,3,5,8-9,11,22H2. The van der Waals surface area contributed by atoms with Gasteiger partial charge in [0.2, 0.25) is 0 Å². The van der Waals surface area contributed by atoms with E-state index in [-0.39, 0.29) is 0 Å². The number of aryl methyl sites for hydroxylation is 1. The third kappa shape index (κ3) is 2.78. The van der Waals surface area contributed by atoms with Crippen LogP contribution < -0.4 is 5.73 Å². The molecule has 27 heavy (non-hydrogen) atoms. The first-order valence-corrected chi connectivity index (χ1v) is 9.31. The maximum absolute atomic E-state index is 5.67. The van der Waals surface area contributed by atoms with E-state index in [1.54, 1.807) is 0 Å². The van der Waals surface area contributed by atoms with Crippen molar-refractivity contribution >= 4 is 11.0 Å². The zero-order chi connectivity index (χ0) is 18.2. The van der Waals surface area contributed by atoms with Crippen molar-refractivity contribution in [3.63, 3.8) is 0 Å². The maximum Gasteiger partial charge on any atom is 0.119 e. The smallest absolute Gasteiger partial charge is 0.119 e. The van der Waals surface area contributed by atoms with Gasteiger partial charge < -0.3 is 5.73 Å². The number of nitrogens with zero attached hydrogens (tertiary/aromatic N) is 5. The van der Waals surface area contributed by atoms with Crippen molar-refractivity contribution in [3.05, 3.63) is 60.2 Å². The lowest BCUT2D eigenvalue weighted by molar-refractivity contribution is 0.658. The summed E-state index contributed by atoms with van der Waals surface area (Å²) in [5.74, 6) is 0. The minimum atomic E-state index is 0.570. The fraction of sp³-hybridized carbons (Fsp3) is 0.238. The SMILES string of the molecule is NCCc1cnc2ccc(-c3c(-c4ccccn4)nn4c3CCC4)cc2n1. The van der Waals surface area contributed by atoms with Gasteiger partial charge in [-0.25, -0.2) is 4.98 Å². The summed E-state index contributed by atoms with van der Waals surface area (Å²) in [6.45, 7) is 1.53. The van der Waals surface area contributed by atoms with Crippen LogP contribution >= 0.6 is 0 Å². The molecule has 0 bridgehead atoms. The van der Waals surface area contributed by atoms with Crippen LogP contribution in [0.25, 0.3) is 33.5 Å². The molecule has 0 unspecified atom stereocenters. The highest BCUT2D eigenvalue weighted by Crippen LogP contribution is 2.37. The van der Waals surface area contributed by atoms with Gasteiger partial charge in [-0.15, -0.1) is 0 Å². The van der Waals surface area contributed by atoms with E-state index in [4.69, 9.17) is 15.8 Å². The molecule has 0 atom stereocenters. The molecule has 134 valence electrons. The molecule has 6 nitrogen and oxygen atoms in total. The average Bonchev–Trinajstić information content (AvgIpc) is 3.29. The third-order valence-electron chi connectivity index (χ3n) is 5.03. The summed E-state index contributed by atoms with van der Waals surface area (Å²) in [4.78, 5) is 13.8. The number of hydrogen-bond donors (Lipinski definition) is 1. The van der Waals surface area contributed by atoms with E-state index in [0.29, 0.717) is 6.54 Å². The van der Waals surface area contributed by atoms with Crippen LogP contribution in [-0.4, -0.2) is 31.3 Å². The molecule has 0 saturated carbocycles. The Balaban J connectivity index is 1.70. The van der Waals surface area contributed by atoms with Crippen molar-refractivity contribution in [2.45, 2.75) is 25.8 Å². The van der Waals surface area contributed by atoms with Gasteiger partial charge in [0.25, 0.3) is 0 Å². The van der Waals surface area contributed by atoms with Crippen LogP contribution in [0.1, 0.15) is 17.8 Å². The lowest BCUT2D eigenvalue weighted by Gasteiger charge is -2.07. The summed E-state index contributed by atoms with van der Waals surface area (Å²) in [5.41, 5.74) is 13.8. The number of rotatable bonds is 4. The van der Waals surface area contributed by atoms with E-state index in [2.05, 4.69) is 26.8 Å². The molecule has 1 aromatic carbocycles. The molecule has 1 aliphatic heterocycles. The molecular weight excluding hydrogens is 336 g/mol. The summed E-state index contributed by atoms with van der Waals surface area (Å²) < 4.78 is 2.13. The second-order valence-electron chi connectivity index (χ2n) is 6.82. The van der Waals surface area contributed by atoms with Crippen LogP contribution in [0.3, 0.4) is 0 Å². The molecular formula is C21H20N6. The number of fused-ring (bicyclic) bond motifs is 2. The van der Waals surface area contributed by atoms with E-state index in [9.17, 15) is 0 Å². The third-order valence-corrected chi connectivity index (χ3v) is 5.03. The Bertz CT molecular complexity index is 1120. The van der Waals surface area contributed by atoms with Crippen LogP contribution in [-0.2, 0) is 19.4 Å².